The number of nitrogens with one attached hydrogen (secondary N) is 1. The van der Waals surface area contributed by atoms with Gasteiger partial charge in [0.25, 0.3) is 0 Å². The zero-order valence-corrected chi connectivity index (χ0v) is 11.0. The molecule has 0 bridgehead atoms. The van der Waals surface area contributed by atoms with Crippen molar-refractivity contribution in [3.8, 4) is 0 Å². The summed E-state index contributed by atoms with van der Waals surface area (Å²) in [7, 11) is 1.63. The Hall–Kier alpha value is -1.34. The lowest BCUT2D eigenvalue weighted by Crippen LogP contribution is -2.52. The molecule has 2 amide bonds. The van der Waals surface area contributed by atoms with Crippen LogP contribution in [-0.2, 0) is 9.53 Å². The number of amides is 2. The first-order valence-electron chi connectivity index (χ1n) is 6.61. The molecule has 1 saturated heterocycles. The van der Waals surface area contributed by atoms with Crippen LogP contribution in [0.25, 0.3) is 0 Å². The van der Waals surface area contributed by atoms with Gasteiger partial charge in [0, 0.05) is 19.7 Å². The van der Waals surface area contributed by atoms with Gasteiger partial charge in [-0.25, -0.2) is 4.79 Å². The first-order valence-corrected chi connectivity index (χ1v) is 6.61. The van der Waals surface area contributed by atoms with Gasteiger partial charge in [0.2, 0.25) is 5.91 Å². The fraction of sp³-hybridized carbons (Fsp3) is 0.833. The lowest BCUT2D eigenvalue weighted by molar-refractivity contribution is -0.135. The van der Waals surface area contributed by atoms with Crippen molar-refractivity contribution < 1.29 is 19.4 Å². The van der Waals surface area contributed by atoms with Gasteiger partial charge in [-0.3, -0.25) is 4.79 Å². The Balaban J connectivity index is 2.01. The number of nitrogens with two attached hydrogens (primary N) is 1. The maximum atomic E-state index is 12.2. The summed E-state index contributed by atoms with van der Waals surface area (Å²) in [6.45, 7) is 0.573. The van der Waals surface area contributed by atoms with Crippen molar-refractivity contribution in [2.45, 2.75) is 49.9 Å². The van der Waals surface area contributed by atoms with Crippen LogP contribution in [0.2, 0.25) is 0 Å². The maximum absolute atomic E-state index is 12.2. The molecule has 1 aliphatic carbocycles. The largest absolute Gasteiger partial charge is 0.465 e. The highest BCUT2D eigenvalue weighted by Gasteiger charge is 2.41. The predicted octanol–water partition coefficient (Wildman–Crippen LogP) is -0.250. The van der Waals surface area contributed by atoms with E-state index >= 15 is 0 Å². The number of nitrogens with zero attached hydrogens (tertiary/aromatic N) is 1. The maximum Gasteiger partial charge on any atom is 0.405 e. The molecule has 4 N–H and O–H groups in total. The fourth-order valence-electron chi connectivity index (χ4n) is 3.07. The van der Waals surface area contributed by atoms with Crippen LogP contribution in [0.3, 0.4) is 0 Å². The van der Waals surface area contributed by atoms with Crippen LogP contribution in [0.5, 0.6) is 0 Å². The number of carbonyl (C=O) groups excluding carboxylic acids is 1. The number of likely N-dealkylation sites (tertiary alicyclic amines) is 1. The molecule has 19 heavy (non-hydrogen) atoms. The predicted molar refractivity (Wildman–Crippen MR) is 67.7 cm³/mol. The Morgan fingerprint density at radius 1 is 1.47 bits per heavy atom. The van der Waals surface area contributed by atoms with Gasteiger partial charge in [-0.05, 0) is 25.7 Å². The van der Waals surface area contributed by atoms with Gasteiger partial charge in [0.05, 0.1) is 12.1 Å². The molecule has 0 aromatic carbocycles. The van der Waals surface area contributed by atoms with E-state index in [2.05, 4.69) is 5.32 Å². The van der Waals surface area contributed by atoms with Gasteiger partial charge in [0.1, 0.15) is 6.04 Å². The molecular weight excluding hydrogens is 250 g/mol. The first-order chi connectivity index (χ1) is 9.02. The molecule has 2 aliphatic rings. The smallest absolute Gasteiger partial charge is 0.405 e. The number of rotatable bonds is 3. The zero-order chi connectivity index (χ0) is 14.0. The number of hydrogen-bond acceptors (Lipinski definition) is 4. The van der Waals surface area contributed by atoms with Gasteiger partial charge in [-0.1, -0.05) is 0 Å². The molecule has 0 aromatic heterocycles. The van der Waals surface area contributed by atoms with Crippen molar-refractivity contribution in [3.05, 3.63) is 0 Å². The molecule has 0 aromatic rings. The number of carboxylic acid groups (broad SMARTS) is 1. The van der Waals surface area contributed by atoms with E-state index in [0.717, 1.165) is 19.3 Å². The second-order valence-corrected chi connectivity index (χ2v) is 5.24. The highest BCUT2D eigenvalue weighted by Crippen LogP contribution is 2.28. The first kappa shape index (κ1) is 14.1. The van der Waals surface area contributed by atoms with Gasteiger partial charge in [-0.2, -0.15) is 0 Å². The highest BCUT2D eigenvalue weighted by molar-refractivity contribution is 5.87. The number of hydrogen-bond donors (Lipinski definition) is 3. The zero-order valence-electron chi connectivity index (χ0n) is 11.0. The summed E-state index contributed by atoms with van der Waals surface area (Å²) < 4.78 is 5.44. The summed E-state index contributed by atoms with van der Waals surface area (Å²) in [5, 5.41) is 11.0. The highest BCUT2D eigenvalue weighted by atomic mass is 16.5. The normalized spacial score (nSPS) is 35.5. The SMILES string of the molecule is CO[C@@H]1C[C@@H](N)CC[C@H]1N1CC[C@H](NC(=O)O)C1=O. The van der Waals surface area contributed by atoms with Crippen LogP contribution < -0.4 is 11.1 Å². The van der Waals surface area contributed by atoms with Crippen LogP contribution in [0.15, 0.2) is 0 Å². The average molecular weight is 271 g/mol. The monoisotopic (exact) mass is 271 g/mol. The van der Waals surface area contributed by atoms with E-state index in [1.54, 1.807) is 12.0 Å². The van der Waals surface area contributed by atoms with Crippen molar-refractivity contribution in [1.82, 2.24) is 10.2 Å². The molecule has 0 unspecified atom stereocenters. The van der Waals surface area contributed by atoms with Crippen LogP contribution in [0, 0.1) is 0 Å². The Morgan fingerprint density at radius 3 is 2.84 bits per heavy atom. The fourth-order valence-corrected chi connectivity index (χ4v) is 3.07. The van der Waals surface area contributed by atoms with Crippen molar-refractivity contribution >= 4 is 12.0 Å². The molecule has 1 aliphatic heterocycles. The molecular formula is C12H21N3O4. The van der Waals surface area contributed by atoms with E-state index in [9.17, 15) is 9.59 Å². The summed E-state index contributed by atoms with van der Waals surface area (Å²) in [4.78, 5) is 24.6. The van der Waals surface area contributed by atoms with E-state index in [1.165, 1.54) is 0 Å². The molecule has 7 nitrogen and oxygen atoms in total. The summed E-state index contributed by atoms with van der Waals surface area (Å²) in [5.74, 6) is -0.148. The second kappa shape index (κ2) is 5.75. The van der Waals surface area contributed by atoms with Crippen molar-refractivity contribution in [1.29, 1.82) is 0 Å². The van der Waals surface area contributed by atoms with Crippen LogP contribution in [0.4, 0.5) is 4.79 Å². The molecule has 2 fully saturated rings. The third-order valence-electron chi connectivity index (χ3n) is 4.04. The molecule has 7 heteroatoms. The topological polar surface area (TPSA) is 105 Å². The Morgan fingerprint density at radius 2 is 2.21 bits per heavy atom. The summed E-state index contributed by atoms with van der Waals surface area (Å²) in [6, 6.07) is -0.490. The summed E-state index contributed by atoms with van der Waals surface area (Å²) in [5.41, 5.74) is 5.92. The number of methoxy groups -OCH3 is 1. The van der Waals surface area contributed by atoms with Gasteiger partial charge < -0.3 is 25.8 Å². The van der Waals surface area contributed by atoms with Gasteiger partial charge in [0.15, 0.2) is 0 Å². The Labute approximate surface area is 112 Å². The van der Waals surface area contributed by atoms with E-state index in [4.69, 9.17) is 15.6 Å². The second-order valence-electron chi connectivity index (χ2n) is 5.24. The number of carbonyl (C=O) groups is 2. The minimum atomic E-state index is -1.16. The molecule has 0 radical (unpaired) electrons. The molecule has 4 atom stereocenters. The number of ether oxygens (including phenoxy) is 1. The standard InChI is InChI=1S/C12H21N3O4/c1-19-10-6-7(13)2-3-9(10)15-5-4-8(11(15)16)14-12(17)18/h7-10,14H,2-6,13H2,1H3,(H,17,18)/t7-,8-,9+,10+/m0/s1. The Kier molecular flexibility index (Phi) is 4.26. The quantitative estimate of drug-likeness (QED) is 0.656. The van der Waals surface area contributed by atoms with Gasteiger partial charge >= 0.3 is 6.09 Å². The van der Waals surface area contributed by atoms with Crippen LogP contribution in [-0.4, -0.2) is 59.9 Å². The van der Waals surface area contributed by atoms with Gasteiger partial charge in [-0.15, -0.1) is 0 Å². The summed E-state index contributed by atoms with van der Waals surface area (Å²) in [6.07, 6.45) is 1.72. The van der Waals surface area contributed by atoms with E-state index in [1.807, 2.05) is 0 Å². The third-order valence-corrected chi connectivity index (χ3v) is 4.04. The van der Waals surface area contributed by atoms with Crippen molar-refractivity contribution in [3.63, 3.8) is 0 Å². The third kappa shape index (κ3) is 2.98. The summed E-state index contributed by atoms with van der Waals surface area (Å²) >= 11 is 0. The minimum Gasteiger partial charge on any atom is -0.465 e. The Bertz CT molecular complexity index is 363. The van der Waals surface area contributed by atoms with Crippen LogP contribution in [0.1, 0.15) is 25.7 Å². The lowest BCUT2D eigenvalue weighted by atomic mass is 9.88. The minimum absolute atomic E-state index is 0.0119. The molecule has 0 spiro atoms. The van der Waals surface area contributed by atoms with Crippen molar-refractivity contribution in [2.24, 2.45) is 5.73 Å². The molecule has 108 valence electrons. The molecule has 2 rings (SSSR count). The molecule has 1 saturated carbocycles. The molecule has 1 heterocycles. The lowest BCUT2D eigenvalue weighted by Gasteiger charge is -2.39. The van der Waals surface area contributed by atoms with E-state index < -0.39 is 12.1 Å². The average Bonchev–Trinajstić information content (AvgIpc) is 2.70. The van der Waals surface area contributed by atoms with E-state index in [-0.39, 0.29) is 24.1 Å². The van der Waals surface area contributed by atoms with E-state index in [0.29, 0.717) is 13.0 Å². The van der Waals surface area contributed by atoms with Crippen molar-refractivity contribution in [2.75, 3.05) is 13.7 Å². The van der Waals surface area contributed by atoms with Crippen LogP contribution >= 0.6 is 0 Å².